The van der Waals surface area contributed by atoms with Gasteiger partial charge in [0.2, 0.25) is 11.8 Å². The maximum absolute atomic E-state index is 5.62. The smallest absolute Gasteiger partial charge is 0.238 e. The maximum Gasteiger partial charge on any atom is 0.238 e. The number of nitrogens with one attached hydrogen (secondary N) is 1. The molecule has 0 spiro atoms. The van der Waals surface area contributed by atoms with Gasteiger partial charge >= 0.3 is 0 Å². The summed E-state index contributed by atoms with van der Waals surface area (Å²) in [6.45, 7) is 10.2. The lowest BCUT2D eigenvalue weighted by Gasteiger charge is -2.10. The summed E-state index contributed by atoms with van der Waals surface area (Å²) < 4.78 is 7.32. The highest BCUT2D eigenvalue weighted by Crippen LogP contribution is 2.20. The van der Waals surface area contributed by atoms with E-state index in [4.69, 9.17) is 4.42 Å². The Bertz CT molecular complexity index is 524. The highest BCUT2D eigenvalue weighted by Gasteiger charge is 2.21. The van der Waals surface area contributed by atoms with Crippen molar-refractivity contribution >= 4 is 0 Å². The minimum atomic E-state index is -0.135. The molecule has 2 heterocycles. The Labute approximate surface area is 112 Å². The second kappa shape index (κ2) is 5.48. The second-order valence-electron chi connectivity index (χ2n) is 5.44. The number of aromatic nitrogens is 5. The molecule has 0 amide bonds. The van der Waals surface area contributed by atoms with Gasteiger partial charge in [-0.1, -0.05) is 32.9 Å². The third-order valence-electron chi connectivity index (χ3n) is 2.55. The van der Waals surface area contributed by atoms with Gasteiger partial charge < -0.3 is 9.73 Å². The van der Waals surface area contributed by atoms with Crippen molar-refractivity contribution in [3.05, 3.63) is 23.7 Å². The maximum atomic E-state index is 5.62. The van der Waals surface area contributed by atoms with Crippen LogP contribution in [-0.2, 0) is 18.5 Å². The summed E-state index contributed by atoms with van der Waals surface area (Å²) >= 11 is 0. The van der Waals surface area contributed by atoms with Crippen molar-refractivity contribution in [2.45, 2.75) is 46.2 Å². The fourth-order valence-corrected chi connectivity index (χ4v) is 1.51. The number of rotatable bonds is 5. The lowest BCUT2D eigenvalue weighted by Crippen LogP contribution is -2.11. The summed E-state index contributed by atoms with van der Waals surface area (Å²) in [4.78, 5) is 0. The quantitative estimate of drug-likeness (QED) is 0.871. The number of hydrogen-bond acceptors (Lipinski definition) is 6. The van der Waals surface area contributed by atoms with E-state index >= 15 is 0 Å². The van der Waals surface area contributed by atoms with Crippen LogP contribution < -0.4 is 5.32 Å². The van der Waals surface area contributed by atoms with Crippen LogP contribution in [-0.4, -0.2) is 31.7 Å². The summed E-state index contributed by atoms with van der Waals surface area (Å²) in [5, 5.41) is 19.4. The molecule has 7 nitrogen and oxygen atoms in total. The minimum Gasteiger partial charge on any atom is -0.423 e. The van der Waals surface area contributed by atoms with Gasteiger partial charge in [-0.15, -0.1) is 15.3 Å². The van der Waals surface area contributed by atoms with Gasteiger partial charge in [-0.2, -0.15) is 0 Å². The minimum absolute atomic E-state index is 0.135. The van der Waals surface area contributed by atoms with E-state index in [0.717, 1.165) is 12.2 Å². The predicted molar refractivity (Wildman–Crippen MR) is 69.5 cm³/mol. The lowest BCUT2D eigenvalue weighted by molar-refractivity contribution is 0.362. The Morgan fingerprint density at radius 3 is 2.68 bits per heavy atom. The highest BCUT2D eigenvalue weighted by atomic mass is 16.4. The van der Waals surface area contributed by atoms with E-state index in [1.165, 1.54) is 0 Å². The molecule has 2 aromatic rings. The van der Waals surface area contributed by atoms with Crippen molar-refractivity contribution in [2.75, 3.05) is 6.54 Å². The summed E-state index contributed by atoms with van der Waals surface area (Å²) in [6.07, 6.45) is 1.88. The first kappa shape index (κ1) is 13.7. The summed E-state index contributed by atoms with van der Waals surface area (Å²) in [5.41, 5.74) is 0.765. The van der Waals surface area contributed by atoms with Crippen molar-refractivity contribution in [3.8, 4) is 0 Å². The van der Waals surface area contributed by atoms with Crippen molar-refractivity contribution in [1.29, 1.82) is 0 Å². The second-order valence-corrected chi connectivity index (χ2v) is 5.44. The van der Waals surface area contributed by atoms with Gasteiger partial charge in [0.25, 0.3) is 0 Å². The van der Waals surface area contributed by atoms with Crippen molar-refractivity contribution in [3.63, 3.8) is 0 Å². The average Bonchev–Trinajstić information content (AvgIpc) is 2.95. The molecule has 2 rings (SSSR count). The van der Waals surface area contributed by atoms with E-state index in [1.54, 1.807) is 4.68 Å². The molecule has 0 aliphatic heterocycles. The molecule has 2 aromatic heterocycles. The third kappa shape index (κ3) is 3.60. The standard InChI is InChI=1S/C12H20N6O/c1-5-13-6-9-7-18(17-14-9)8-10-15-16-11(19-10)12(2,3)4/h7,13H,5-6,8H2,1-4H3. The first-order valence-corrected chi connectivity index (χ1v) is 6.41. The van der Waals surface area contributed by atoms with Crippen LogP contribution in [0.25, 0.3) is 0 Å². The van der Waals surface area contributed by atoms with Gasteiger partial charge in [0.15, 0.2) is 0 Å². The molecule has 0 saturated heterocycles. The Hall–Kier alpha value is -1.76. The van der Waals surface area contributed by atoms with Gasteiger partial charge in [-0.25, -0.2) is 4.68 Å². The van der Waals surface area contributed by atoms with Crippen molar-refractivity contribution < 1.29 is 4.42 Å². The van der Waals surface area contributed by atoms with Crippen LogP contribution in [0.3, 0.4) is 0 Å². The van der Waals surface area contributed by atoms with E-state index < -0.39 is 0 Å². The Morgan fingerprint density at radius 2 is 2.05 bits per heavy atom. The molecule has 0 aliphatic carbocycles. The van der Waals surface area contributed by atoms with Crippen LogP contribution in [0.1, 0.15) is 45.2 Å². The zero-order valence-corrected chi connectivity index (χ0v) is 11.8. The van der Waals surface area contributed by atoms with E-state index in [0.29, 0.717) is 24.9 Å². The molecule has 0 fully saturated rings. The normalized spacial score (nSPS) is 12.0. The number of nitrogens with zero attached hydrogens (tertiary/aromatic N) is 5. The summed E-state index contributed by atoms with van der Waals surface area (Å²) in [6, 6.07) is 0. The molecular formula is C12H20N6O. The highest BCUT2D eigenvalue weighted by molar-refractivity contribution is 4.97. The van der Waals surface area contributed by atoms with Gasteiger partial charge in [-0.05, 0) is 6.54 Å². The summed E-state index contributed by atoms with van der Waals surface area (Å²) in [7, 11) is 0. The SMILES string of the molecule is CCNCc1cn(Cc2nnc(C(C)(C)C)o2)nn1. The molecule has 0 saturated carbocycles. The van der Waals surface area contributed by atoms with E-state index in [9.17, 15) is 0 Å². The number of hydrogen-bond donors (Lipinski definition) is 1. The zero-order chi connectivity index (χ0) is 13.9. The molecule has 19 heavy (non-hydrogen) atoms. The Kier molecular flexibility index (Phi) is 3.94. The monoisotopic (exact) mass is 264 g/mol. The molecule has 0 aliphatic rings. The Morgan fingerprint density at radius 1 is 1.26 bits per heavy atom. The molecule has 0 aromatic carbocycles. The van der Waals surface area contributed by atoms with Crippen molar-refractivity contribution in [1.82, 2.24) is 30.5 Å². The molecular weight excluding hydrogens is 244 g/mol. The van der Waals surface area contributed by atoms with Crippen LogP contribution in [0.2, 0.25) is 0 Å². The van der Waals surface area contributed by atoms with E-state index in [-0.39, 0.29) is 5.41 Å². The fraction of sp³-hybridized carbons (Fsp3) is 0.667. The van der Waals surface area contributed by atoms with E-state index in [1.807, 2.05) is 27.0 Å². The van der Waals surface area contributed by atoms with Crippen LogP contribution in [0.15, 0.2) is 10.6 Å². The first-order valence-electron chi connectivity index (χ1n) is 6.41. The van der Waals surface area contributed by atoms with Gasteiger partial charge in [0.05, 0.1) is 11.9 Å². The molecule has 7 heteroatoms. The molecule has 1 N–H and O–H groups in total. The topological polar surface area (TPSA) is 81.7 Å². The van der Waals surface area contributed by atoms with Crippen molar-refractivity contribution in [2.24, 2.45) is 0 Å². The summed E-state index contributed by atoms with van der Waals surface area (Å²) in [5.74, 6) is 1.18. The predicted octanol–water partition coefficient (Wildman–Crippen LogP) is 1.12. The van der Waals surface area contributed by atoms with Crippen LogP contribution in [0.5, 0.6) is 0 Å². The molecule has 104 valence electrons. The first-order chi connectivity index (χ1) is 8.99. The van der Waals surface area contributed by atoms with Crippen LogP contribution in [0, 0.1) is 0 Å². The lowest BCUT2D eigenvalue weighted by atomic mass is 9.97. The average molecular weight is 264 g/mol. The third-order valence-corrected chi connectivity index (χ3v) is 2.55. The van der Waals surface area contributed by atoms with Gasteiger partial charge in [0.1, 0.15) is 6.54 Å². The Balaban J connectivity index is 2.01. The zero-order valence-electron chi connectivity index (χ0n) is 11.8. The van der Waals surface area contributed by atoms with Crippen LogP contribution >= 0.6 is 0 Å². The largest absolute Gasteiger partial charge is 0.423 e. The van der Waals surface area contributed by atoms with Gasteiger partial charge in [0, 0.05) is 12.0 Å². The van der Waals surface area contributed by atoms with E-state index in [2.05, 4.69) is 32.7 Å². The van der Waals surface area contributed by atoms with Crippen LogP contribution in [0.4, 0.5) is 0 Å². The molecule has 0 unspecified atom stereocenters. The fourth-order valence-electron chi connectivity index (χ4n) is 1.51. The molecule has 0 bridgehead atoms. The molecule has 0 atom stereocenters. The van der Waals surface area contributed by atoms with Gasteiger partial charge in [-0.3, -0.25) is 0 Å². The molecule has 0 radical (unpaired) electrons.